The first-order valence-electron chi connectivity index (χ1n) is 6.18. The minimum Gasteiger partial charge on any atom is -0.323 e. The highest BCUT2D eigenvalue weighted by Crippen LogP contribution is 2.23. The van der Waals surface area contributed by atoms with Gasteiger partial charge < -0.3 is 10.2 Å². The van der Waals surface area contributed by atoms with Crippen molar-refractivity contribution in [3.63, 3.8) is 0 Å². The molecular weight excluding hydrogens is 314 g/mol. The van der Waals surface area contributed by atoms with Gasteiger partial charge in [-0.3, -0.25) is 0 Å². The van der Waals surface area contributed by atoms with Crippen LogP contribution in [-0.2, 0) is 6.54 Å². The van der Waals surface area contributed by atoms with E-state index in [1.807, 2.05) is 0 Å². The number of benzene rings is 2. The highest BCUT2D eigenvalue weighted by atomic mass is 35.5. The van der Waals surface area contributed by atoms with Gasteiger partial charge in [0.2, 0.25) is 0 Å². The van der Waals surface area contributed by atoms with Gasteiger partial charge >= 0.3 is 6.03 Å². The average molecular weight is 327 g/mol. The van der Waals surface area contributed by atoms with E-state index in [1.165, 1.54) is 17.0 Å². The molecule has 0 unspecified atom stereocenters. The van der Waals surface area contributed by atoms with Crippen molar-refractivity contribution in [3.8, 4) is 0 Å². The van der Waals surface area contributed by atoms with Crippen molar-refractivity contribution in [2.75, 3.05) is 12.4 Å². The molecule has 1 N–H and O–H groups in total. The second-order valence-electron chi connectivity index (χ2n) is 4.47. The number of para-hydroxylation sites is 1. The summed E-state index contributed by atoms with van der Waals surface area (Å²) in [6.45, 7) is 0.0573. The lowest BCUT2D eigenvalue weighted by atomic mass is 10.2. The summed E-state index contributed by atoms with van der Waals surface area (Å²) in [4.78, 5) is 13.4. The third-order valence-corrected chi connectivity index (χ3v) is 3.60. The highest BCUT2D eigenvalue weighted by molar-refractivity contribution is 6.33. The van der Waals surface area contributed by atoms with Crippen LogP contribution in [-0.4, -0.2) is 18.0 Å². The molecule has 0 aliphatic rings. The molecule has 21 heavy (non-hydrogen) atoms. The normalized spacial score (nSPS) is 10.3. The fourth-order valence-corrected chi connectivity index (χ4v) is 2.17. The van der Waals surface area contributed by atoms with Gasteiger partial charge in [0.15, 0.2) is 0 Å². The maximum absolute atomic E-state index is 13.7. The van der Waals surface area contributed by atoms with Crippen LogP contribution in [0.3, 0.4) is 0 Å². The van der Waals surface area contributed by atoms with E-state index in [4.69, 9.17) is 23.2 Å². The van der Waals surface area contributed by atoms with Crippen LogP contribution < -0.4 is 5.32 Å². The second-order valence-corrected chi connectivity index (χ2v) is 5.28. The number of urea groups is 1. The fourth-order valence-electron chi connectivity index (χ4n) is 1.77. The quantitative estimate of drug-likeness (QED) is 0.863. The zero-order valence-corrected chi connectivity index (χ0v) is 12.7. The lowest BCUT2D eigenvalue weighted by molar-refractivity contribution is 0.220. The van der Waals surface area contributed by atoms with E-state index in [1.54, 1.807) is 37.4 Å². The van der Waals surface area contributed by atoms with E-state index in [2.05, 4.69) is 5.32 Å². The summed E-state index contributed by atoms with van der Waals surface area (Å²) in [5.74, 6) is -0.445. The zero-order valence-electron chi connectivity index (χ0n) is 11.2. The monoisotopic (exact) mass is 326 g/mol. The predicted octanol–water partition coefficient (Wildman–Crippen LogP) is 4.80. The Morgan fingerprint density at radius 3 is 2.48 bits per heavy atom. The van der Waals surface area contributed by atoms with E-state index in [0.717, 1.165) is 0 Å². The van der Waals surface area contributed by atoms with Gasteiger partial charge in [-0.25, -0.2) is 9.18 Å². The number of hydrogen-bond acceptors (Lipinski definition) is 1. The Morgan fingerprint density at radius 2 is 1.81 bits per heavy atom. The molecule has 0 bridgehead atoms. The van der Waals surface area contributed by atoms with Crippen LogP contribution in [0.25, 0.3) is 0 Å². The standard InChI is InChI=1S/C15H13Cl2FN2O/c1-20(9-10-11(16)6-4-7-13(10)18)15(21)19-14-8-3-2-5-12(14)17/h2-8H,9H2,1H3,(H,19,21). The predicted molar refractivity (Wildman–Crippen MR) is 83.3 cm³/mol. The molecule has 0 fully saturated rings. The Balaban J connectivity index is 2.08. The molecule has 3 nitrogen and oxygen atoms in total. The van der Waals surface area contributed by atoms with Crippen LogP contribution in [0.5, 0.6) is 0 Å². The molecule has 0 saturated heterocycles. The summed E-state index contributed by atoms with van der Waals surface area (Å²) < 4.78 is 13.7. The molecule has 2 aromatic carbocycles. The Labute approximate surface area is 132 Å². The summed E-state index contributed by atoms with van der Waals surface area (Å²) in [5, 5.41) is 3.38. The smallest absolute Gasteiger partial charge is 0.321 e. The number of anilines is 1. The molecule has 110 valence electrons. The van der Waals surface area contributed by atoms with E-state index >= 15 is 0 Å². The first-order chi connectivity index (χ1) is 9.99. The average Bonchev–Trinajstić information content (AvgIpc) is 2.45. The topological polar surface area (TPSA) is 32.3 Å². The fraction of sp³-hybridized carbons (Fsp3) is 0.133. The number of nitrogens with one attached hydrogen (secondary N) is 1. The van der Waals surface area contributed by atoms with Crippen molar-refractivity contribution < 1.29 is 9.18 Å². The van der Waals surface area contributed by atoms with Crippen molar-refractivity contribution in [1.29, 1.82) is 0 Å². The largest absolute Gasteiger partial charge is 0.323 e. The second kappa shape index (κ2) is 6.78. The Bertz CT molecular complexity index is 644. The van der Waals surface area contributed by atoms with Gasteiger partial charge in [-0.15, -0.1) is 0 Å². The van der Waals surface area contributed by atoms with Crippen LogP contribution >= 0.6 is 23.2 Å². The Hall–Kier alpha value is -1.78. The van der Waals surface area contributed by atoms with Crippen LogP contribution in [0.4, 0.5) is 14.9 Å². The molecule has 0 aliphatic heterocycles. The van der Waals surface area contributed by atoms with Crippen molar-refractivity contribution >= 4 is 34.9 Å². The molecule has 0 radical (unpaired) electrons. The zero-order chi connectivity index (χ0) is 15.4. The molecule has 2 aromatic rings. The molecule has 0 atom stereocenters. The maximum atomic E-state index is 13.7. The molecule has 0 spiro atoms. The third-order valence-electron chi connectivity index (χ3n) is 2.92. The minimum absolute atomic E-state index is 0.0573. The van der Waals surface area contributed by atoms with Gasteiger partial charge in [0.1, 0.15) is 5.82 Å². The first kappa shape index (κ1) is 15.6. The third kappa shape index (κ3) is 3.86. The highest BCUT2D eigenvalue weighted by Gasteiger charge is 2.15. The summed E-state index contributed by atoms with van der Waals surface area (Å²) in [5.41, 5.74) is 0.770. The summed E-state index contributed by atoms with van der Waals surface area (Å²) in [7, 11) is 1.55. The number of hydrogen-bond donors (Lipinski definition) is 1. The minimum atomic E-state index is -0.445. The molecule has 2 amide bonds. The van der Waals surface area contributed by atoms with Gasteiger partial charge in [-0.05, 0) is 24.3 Å². The Morgan fingerprint density at radius 1 is 1.14 bits per heavy atom. The SMILES string of the molecule is CN(Cc1c(F)cccc1Cl)C(=O)Nc1ccccc1Cl. The van der Waals surface area contributed by atoms with E-state index < -0.39 is 11.8 Å². The van der Waals surface area contributed by atoms with E-state index in [9.17, 15) is 9.18 Å². The number of carbonyl (C=O) groups is 1. The van der Waals surface area contributed by atoms with Gasteiger partial charge in [0, 0.05) is 17.6 Å². The van der Waals surface area contributed by atoms with Gasteiger partial charge in [0.25, 0.3) is 0 Å². The molecule has 6 heteroatoms. The van der Waals surface area contributed by atoms with Crippen molar-refractivity contribution in [2.45, 2.75) is 6.54 Å². The lowest BCUT2D eigenvalue weighted by Gasteiger charge is -2.19. The van der Waals surface area contributed by atoms with E-state index in [0.29, 0.717) is 10.7 Å². The number of halogens is 3. The number of rotatable bonds is 3. The van der Waals surface area contributed by atoms with Crippen LogP contribution in [0.2, 0.25) is 10.0 Å². The summed E-state index contributed by atoms with van der Waals surface area (Å²) >= 11 is 11.9. The molecule has 0 aliphatic carbocycles. The number of nitrogens with zero attached hydrogens (tertiary/aromatic N) is 1. The van der Waals surface area contributed by atoms with Gasteiger partial charge in [-0.1, -0.05) is 41.4 Å². The van der Waals surface area contributed by atoms with Crippen LogP contribution in [0.1, 0.15) is 5.56 Å². The molecule has 2 rings (SSSR count). The number of amides is 2. The van der Waals surface area contributed by atoms with Gasteiger partial charge in [-0.2, -0.15) is 0 Å². The van der Waals surface area contributed by atoms with Crippen LogP contribution in [0, 0.1) is 5.82 Å². The van der Waals surface area contributed by atoms with Crippen molar-refractivity contribution in [3.05, 3.63) is 63.9 Å². The van der Waals surface area contributed by atoms with Crippen molar-refractivity contribution in [1.82, 2.24) is 4.90 Å². The summed E-state index contributed by atoms with van der Waals surface area (Å²) in [6, 6.07) is 10.9. The van der Waals surface area contributed by atoms with Crippen LogP contribution in [0.15, 0.2) is 42.5 Å². The maximum Gasteiger partial charge on any atom is 0.321 e. The summed E-state index contributed by atoms with van der Waals surface area (Å²) in [6.07, 6.45) is 0. The van der Waals surface area contributed by atoms with Gasteiger partial charge in [0.05, 0.1) is 17.3 Å². The molecule has 0 heterocycles. The van der Waals surface area contributed by atoms with E-state index in [-0.39, 0.29) is 17.1 Å². The Kier molecular flexibility index (Phi) is 5.04. The lowest BCUT2D eigenvalue weighted by Crippen LogP contribution is -2.31. The molecular formula is C15H13Cl2FN2O. The molecule has 0 saturated carbocycles. The number of carbonyl (C=O) groups excluding carboxylic acids is 1. The molecule has 0 aromatic heterocycles. The first-order valence-corrected chi connectivity index (χ1v) is 6.94. The van der Waals surface area contributed by atoms with Crippen molar-refractivity contribution in [2.24, 2.45) is 0 Å².